The average molecular weight is 320 g/mol. The monoisotopic (exact) mass is 319 g/mol. The standard InChI is InChI=1S/C17H18ClNOS/c1-3-11(2)12-4-7-14(8-5-12)20-16-9-6-13(18)10-15(16)17(19)21/h4-11H,3H2,1-2H3,(H2,19,21). The van der Waals surface area contributed by atoms with Crippen LogP contribution in [0.25, 0.3) is 0 Å². The van der Waals surface area contributed by atoms with E-state index in [1.807, 2.05) is 12.1 Å². The van der Waals surface area contributed by atoms with Gasteiger partial charge in [-0.2, -0.15) is 0 Å². The first kappa shape index (κ1) is 15.8. The molecular weight excluding hydrogens is 302 g/mol. The third-order valence-electron chi connectivity index (χ3n) is 3.50. The van der Waals surface area contributed by atoms with Crippen molar-refractivity contribution in [3.63, 3.8) is 0 Å². The van der Waals surface area contributed by atoms with E-state index in [9.17, 15) is 0 Å². The van der Waals surface area contributed by atoms with Crippen molar-refractivity contribution in [3.05, 3.63) is 58.6 Å². The molecule has 2 nitrogen and oxygen atoms in total. The summed E-state index contributed by atoms with van der Waals surface area (Å²) in [6.45, 7) is 4.39. The van der Waals surface area contributed by atoms with Crippen LogP contribution in [-0.4, -0.2) is 4.99 Å². The maximum atomic E-state index is 5.96. The topological polar surface area (TPSA) is 35.2 Å². The Balaban J connectivity index is 2.24. The molecule has 0 saturated carbocycles. The van der Waals surface area contributed by atoms with Crippen LogP contribution in [-0.2, 0) is 0 Å². The lowest BCUT2D eigenvalue weighted by Gasteiger charge is -2.13. The summed E-state index contributed by atoms with van der Waals surface area (Å²) in [5.74, 6) is 1.91. The first-order valence-corrected chi connectivity index (χ1v) is 7.67. The number of halogens is 1. The van der Waals surface area contributed by atoms with E-state index in [1.165, 1.54) is 5.56 Å². The first-order valence-electron chi connectivity index (χ1n) is 6.88. The average Bonchev–Trinajstić information content (AvgIpc) is 2.49. The molecule has 2 aromatic rings. The van der Waals surface area contributed by atoms with Crippen LogP contribution in [0.15, 0.2) is 42.5 Å². The minimum Gasteiger partial charge on any atom is -0.457 e. The van der Waals surface area contributed by atoms with Crippen LogP contribution in [0.1, 0.15) is 37.3 Å². The SMILES string of the molecule is CCC(C)c1ccc(Oc2ccc(Cl)cc2C(N)=S)cc1. The molecule has 0 bridgehead atoms. The van der Waals surface area contributed by atoms with Crippen LogP contribution in [0.4, 0.5) is 0 Å². The molecule has 4 heteroatoms. The molecule has 0 aliphatic carbocycles. The van der Waals surface area contributed by atoms with E-state index in [0.717, 1.165) is 12.2 Å². The number of hydrogen-bond acceptors (Lipinski definition) is 2. The van der Waals surface area contributed by atoms with Crippen LogP contribution in [0.5, 0.6) is 11.5 Å². The molecule has 0 spiro atoms. The highest BCUT2D eigenvalue weighted by atomic mass is 35.5. The lowest BCUT2D eigenvalue weighted by Crippen LogP contribution is -2.10. The molecule has 110 valence electrons. The van der Waals surface area contributed by atoms with Gasteiger partial charge in [-0.05, 0) is 48.2 Å². The second-order valence-electron chi connectivity index (χ2n) is 4.99. The van der Waals surface area contributed by atoms with E-state index in [1.54, 1.807) is 18.2 Å². The molecule has 2 N–H and O–H groups in total. The Bertz CT molecular complexity index is 640. The molecule has 0 saturated heterocycles. The summed E-state index contributed by atoms with van der Waals surface area (Å²) < 4.78 is 5.87. The van der Waals surface area contributed by atoms with Crippen LogP contribution in [0.3, 0.4) is 0 Å². The molecular formula is C17H18ClNOS. The van der Waals surface area contributed by atoms with Crippen molar-refractivity contribution in [3.8, 4) is 11.5 Å². The smallest absolute Gasteiger partial charge is 0.137 e. The third kappa shape index (κ3) is 3.96. The Labute approximate surface area is 135 Å². The zero-order chi connectivity index (χ0) is 15.4. The van der Waals surface area contributed by atoms with Gasteiger partial charge in [0.25, 0.3) is 0 Å². The highest BCUT2D eigenvalue weighted by Crippen LogP contribution is 2.29. The summed E-state index contributed by atoms with van der Waals surface area (Å²) in [6, 6.07) is 13.3. The van der Waals surface area contributed by atoms with Gasteiger partial charge in [-0.1, -0.05) is 49.8 Å². The minimum absolute atomic E-state index is 0.267. The van der Waals surface area contributed by atoms with Gasteiger partial charge in [0.15, 0.2) is 0 Å². The normalized spacial score (nSPS) is 12.0. The largest absolute Gasteiger partial charge is 0.457 e. The highest BCUT2D eigenvalue weighted by Gasteiger charge is 2.09. The molecule has 0 amide bonds. The summed E-state index contributed by atoms with van der Waals surface area (Å²) in [6.07, 6.45) is 1.11. The first-order chi connectivity index (χ1) is 10.0. The van der Waals surface area contributed by atoms with Gasteiger partial charge in [0.2, 0.25) is 0 Å². The van der Waals surface area contributed by atoms with Crippen LogP contribution in [0.2, 0.25) is 5.02 Å². The molecule has 0 radical (unpaired) electrons. The fourth-order valence-electron chi connectivity index (χ4n) is 2.01. The summed E-state index contributed by atoms with van der Waals surface area (Å²) in [5.41, 5.74) is 7.66. The van der Waals surface area contributed by atoms with E-state index in [-0.39, 0.29) is 4.99 Å². The van der Waals surface area contributed by atoms with Gasteiger partial charge in [-0.25, -0.2) is 0 Å². The molecule has 0 aliphatic heterocycles. The summed E-state index contributed by atoms with van der Waals surface area (Å²) in [7, 11) is 0. The number of nitrogens with two attached hydrogens (primary N) is 1. The van der Waals surface area contributed by atoms with Gasteiger partial charge in [0.1, 0.15) is 16.5 Å². The van der Waals surface area contributed by atoms with Gasteiger partial charge in [0, 0.05) is 5.02 Å². The van der Waals surface area contributed by atoms with Gasteiger partial charge in [-0.3, -0.25) is 0 Å². The van der Waals surface area contributed by atoms with Crippen molar-refractivity contribution < 1.29 is 4.74 Å². The van der Waals surface area contributed by atoms with Crippen LogP contribution in [0, 0.1) is 0 Å². The van der Waals surface area contributed by atoms with E-state index >= 15 is 0 Å². The fraction of sp³-hybridized carbons (Fsp3) is 0.235. The Morgan fingerprint density at radius 2 is 1.90 bits per heavy atom. The predicted molar refractivity (Wildman–Crippen MR) is 92.6 cm³/mol. The lowest BCUT2D eigenvalue weighted by molar-refractivity contribution is 0.481. The number of benzene rings is 2. The molecule has 2 aromatic carbocycles. The van der Waals surface area contributed by atoms with Gasteiger partial charge >= 0.3 is 0 Å². The second kappa shape index (κ2) is 6.92. The Hall–Kier alpha value is -1.58. The molecule has 0 fully saturated rings. The van der Waals surface area contributed by atoms with Gasteiger partial charge in [-0.15, -0.1) is 0 Å². The quantitative estimate of drug-likeness (QED) is 0.761. The number of thiocarbonyl (C=S) groups is 1. The zero-order valence-corrected chi connectivity index (χ0v) is 13.7. The summed E-state index contributed by atoms with van der Waals surface area (Å²) in [4.78, 5) is 0.267. The third-order valence-corrected chi connectivity index (χ3v) is 3.95. The summed E-state index contributed by atoms with van der Waals surface area (Å²) >= 11 is 11.0. The van der Waals surface area contributed by atoms with Gasteiger partial charge < -0.3 is 10.5 Å². The number of hydrogen-bond donors (Lipinski definition) is 1. The Morgan fingerprint density at radius 1 is 1.24 bits per heavy atom. The van der Waals surface area contributed by atoms with E-state index < -0.39 is 0 Å². The Morgan fingerprint density at radius 3 is 2.48 bits per heavy atom. The van der Waals surface area contributed by atoms with E-state index in [2.05, 4.69) is 26.0 Å². The van der Waals surface area contributed by atoms with Crippen molar-refractivity contribution in [1.82, 2.24) is 0 Å². The molecule has 2 rings (SSSR count). The maximum absolute atomic E-state index is 5.96. The molecule has 1 atom stereocenters. The highest BCUT2D eigenvalue weighted by molar-refractivity contribution is 7.80. The van der Waals surface area contributed by atoms with Crippen molar-refractivity contribution in [2.24, 2.45) is 5.73 Å². The second-order valence-corrected chi connectivity index (χ2v) is 5.86. The summed E-state index contributed by atoms with van der Waals surface area (Å²) in [5, 5.41) is 0.581. The van der Waals surface area contributed by atoms with Crippen LogP contribution < -0.4 is 10.5 Å². The maximum Gasteiger partial charge on any atom is 0.137 e. The van der Waals surface area contributed by atoms with Crippen molar-refractivity contribution in [1.29, 1.82) is 0 Å². The van der Waals surface area contributed by atoms with Crippen LogP contribution >= 0.6 is 23.8 Å². The molecule has 0 aromatic heterocycles. The predicted octanol–water partition coefficient (Wildman–Crippen LogP) is 5.28. The molecule has 21 heavy (non-hydrogen) atoms. The van der Waals surface area contributed by atoms with Crippen molar-refractivity contribution in [2.45, 2.75) is 26.2 Å². The van der Waals surface area contributed by atoms with E-state index in [0.29, 0.717) is 22.3 Å². The molecule has 1 unspecified atom stereocenters. The number of rotatable bonds is 5. The minimum atomic E-state index is 0.267. The lowest BCUT2D eigenvalue weighted by atomic mass is 9.99. The molecule has 0 aliphatic rings. The zero-order valence-electron chi connectivity index (χ0n) is 12.1. The Kier molecular flexibility index (Phi) is 5.21. The van der Waals surface area contributed by atoms with Crippen molar-refractivity contribution in [2.75, 3.05) is 0 Å². The fourth-order valence-corrected chi connectivity index (χ4v) is 2.34. The molecule has 0 heterocycles. The number of ether oxygens (including phenoxy) is 1. The van der Waals surface area contributed by atoms with Crippen molar-refractivity contribution >= 4 is 28.8 Å². The van der Waals surface area contributed by atoms with Gasteiger partial charge in [0.05, 0.1) is 5.56 Å². The van der Waals surface area contributed by atoms with E-state index in [4.69, 9.17) is 34.3 Å².